The zero-order chi connectivity index (χ0) is 17.4. The van der Waals surface area contributed by atoms with E-state index in [0.717, 1.165) is 11.1 Å². The number of benzene rings is 2. The highest BCUT2D eigenvalue weighted by atomic mass is 79.9. The number of rotatable bonds is 2. The molecule has 0 amide bonds. The smallest absolute Gasteiger partial charge is 0.143 e. The third-order valence-electron chi connectivity index (χ3n) is 3.28. The Labute approximate surface area is 171 Å². The SMILES string of the molecule is Oc1c(Br)cc(-c2cnc(-c3cc(Br)c(O)c(Br)c3)cn2)cc1Br. The van der Waals surface area contributed by atoms with E-state index in [0.29, 0.717) is 29.3 Å². The summed E-state index contributed by atoms with van der Waals surface area (Å²) < 4.78 is 2.29. The Kier molecular flexibility index (Phi) is 5.29. The van der Waals surface area contributed by atoms with E-state index >= 15 is 0 Å². The molecule has 0 radical (unpaired) electrons. The van der Waals surface area contributed by atoms with E-state index in [1.807, 2.05) is 0 Å². The summed E-state index contributed by atoms with van der Waals surface area (Å²) in [6.45, 7) is 0. The first-order valence-corrected chi connectivity index (χ1v) is 9.73. The number of hydrogen-bond donors (Lipinski definition) is 2. The highest BCUT2D eigenvalue weighted by molar-refractivity contribution is 9.11. The van der Waals surface area contributed by atoms with Crippen molar-refractivity contribution >= 4 is 63.7 Å². The van der Waals surface area contributed by atoms with Crippen LogP contribution in [0.2, 0.25) is 0 Å². The Balaban J connectivity index is 2.00. The zero-order valence-electron chi connectivity index (χ0n) is 11.8. The van der Waals surface area contributed by atoms with Crippen LogP contribution < -0.4 is 0 Å². The molecule has 0 bridgehead atoms. The summed E-state index contributed by atoms with van der Waals surface area (Å²) in [5.41, 5.74) is 2.99. The average molecular weight is 580 g/mol. The fourth-order valence-electron chi connectivity index (χ4n) is 2.05. The lowest BCUT2D eigenvalue weighted by molar-refractivity contribution is 0.468. The van der Waals surface area contributed by atoms with Gasteiger partial charge in [-0.1, -0.05) is 0 Å². The Hall–Kier alpha value is -0.960. The number of aromatic nitrogens is 2. The molecule has 3 rings (SSSR count). The molecular formula is C16H8Br4N2O2. The summed E-state index contributed by atoms with van der Waals surface area (Å²) in [4.78, 5) is 8.88. The molecule has 0 aliphatic carbocycles. The molecule has 122 valence electrons. The van der Waals surface area contributed by atoms with Crippen molar-refractivity contribution < 1.29 is 10.2 Å². The van der Waals surface area contributed by atoms with E-state index in [-0.39, 0.29) is 11.5 Å². The fraction of sp³-hybridized carbons (Fsp3) is 0. The molecule has 0 saturated heterocycles. The maximum Gasteiger partial charge on any atom is 0.143 e. The molecule has 8 heteroatoms. The van der Waals surface area contributed by atoms with Crippen molar-refractivity contribution in [3.05, 3.63) is 54.6 Å². The number of phenolic OH excluding ortho intramolecular Hbond substituents is 2. The van der Waals surface area contributed by atoms with E-state index in [4.69, 9.17) is 0 Å². The second-order valence-electron chi connectivity index (χ2n) is 4.86. The van der Waals surface area contributed by atoms with Crippen LogP contribution in [0.25, 0.3) is 22.5 Å². The van der Waals surface area contributed by atoms with Crippen molar-refractivity contribution in [2.75, 3.05) is 0 Å². The van der Waals surface area contributed by atoms with Gasteiger partial charge in [0.2, 0.25) is 0 Å². The van der Waals surface area contributed by atoms with E-state index in [9.17, 15) is 10.2 Å². The lowest BCUT2D eigenvalue weighted by Gasteiger charge is -2.08. The molecule has 0 saturated carbocycles. The average Bonchev–Trinajstić information content (AvgIpc) is 2.57. The first-order valence-electron chi connectivity index (χ1n) is 6.55. The lowest BCUT2D eigenvalue weighted by atomic mass is 10.1. The molecule has 3 aromatic rings. The number of phenols is 2. The van der Waals surface area contributed by atoms with Crippen LogP contribution in [0.4, 0.5) is 0 Å². The summed E-state index contributed by atoms with van der Waals surface area (Å²) >= 11 is 13.2. The Morgan fingerprint density at radius 1 is 0.583 bits per heavy atom. The molecule has 2 N–H and O–H groups in total. The number of hydrogen-bond acceptors (Lipinski definition) is 4. The van der Waals surface area contributed by atoms with Crippen molar-refractivity contribution in [3.63, 3.8) is 0 Å². The topological polar surface area (TPSA) is 66.2 Å². The van der Waals surface area contributed by atoms with Crippen LogP contribution in [0.1, 0.15) is 0 Å². The summed E-state index contributed by atoms with van der Waals surface area (Å²) in [5, 5.41) is 19.6. The second-order valence-corrected chi connectivity index (χ2v) is 8.28. The summed E-state index contributed by atoms with van der Waals surface area (Å²) in [7, 11) is 0. The molecule has 1 heterocycles. The minimum absolute atomic E-state index is 0.141. The van der Waals surface area contributed by atoms with Gasteiger partial charge in [-0.3, -0.25) is 9.97 Å². The number of halogens is 4. The molecule has 0 fully saturated rings. The van der Waals surface area contributed by atoms with Gasteiger partial charge in [0.05, 0.1) is 41.7 Å². The van der Waals surface area contributed by atoms with Crippen molar-refractivity contribution in [3.8, 4) is 34.0 Å². The standard InChI is InChI=1S/C16H8Br4N2O2/c17-9-1-7(2-10(18)15(9)23)13-5-22-14(6-21-13)8-3-11(19)16(24)12(20)4-8/h1-6,23-24H. The lowest BCUT2D eigenvalue weighted by Crippen LogP contribution is -1.90. The molecular weight excluding hydrogens is 572 g/mol. The van der Waals surface area contributed by atoms with Gasteiger partial charge in [0, 0.05) is 11.1 Å². The minimum atomic E-state index is 0.141. The Bertz CT molecular complexity index is 807. The van der Waals surface area contributed by atoms with Crippen LogP contribution in [-0.4, -0.2) is 20.2 Å². The van der Waals surface area contributed by atoms with Crippen LogP contribution in [0, 0.1) is 0 Å². The van der Waals surface area contributed by atoms with Gasteiger partial charge in [0.25, 0.3) is 0 Å². The minimum Gasteiger partial charge on any atom is -0.506 e. The first kappa shape index (κ1) is 17.8. The van der Waals surface area contributed by atoms with Gasteiger partial charge in [0.1, 0.15) is 11.5 Å². The molecule has 24 heavy (non-hydrogen) atoms. The van der Waals surface area contributed by atoms with Crippen LogP contribution in [-0.2, 0) is 0 Å². The van der Waals surface area contributed by atoms with E-state index in [2.05, 4.69) is 73.7 Å². The van der Waals surface area contributed by atoms with Crippen LogP contribution >= 0.6 is 63.7 Å². The second kappa shape index (κ2) is 7.11. The van der Waals surface area contributed by atoms with Gasteiger partial charge in [-0.15, -0.1) is 0 Å². The number of nitrogens with zero attached hydrogens (tertiary/aromatic N) is 2. The molecule has 1 aromatic heterocycles. The monoisotopic (exact) mass is 576 g/mol. The molecule has 4 nitrogen and oxygen atoms in total. The van der Waals surface area contributed by atoms with Gasteiger partial charge in [-0.25, -0.2) is 0 Å². The molecule has 0 spiro atoms. The Morgan fingerprint density at radius 2 is 0.875 bits per heavy atom. The molecule has 0 aliphatic heterocycles. The maximum atomic E-state index is 9.79. The van der Waals surface area contributed by atoms with E-state index in [1.54, 1.807) is 36.7 Å². The van der Waals surface area contributed by atoms with Gasteiger partial charge in [-0.2, -0.15) is 0 Å². The largest absolute Gasteiger partial charge is 0.506 e. The van der Waals surface area contributed by atoms with Crippen molar-refractivity contribution in [1.29, 1.82) is 0 Å². The van der Waals surface area contributed by atoms with Crippen LogP contribution in [0.15, 0.2) is 54.6 Å². The van der Waals surface area contributed by atoms with Gasteiger partial charge in [0.15, 0.2) is 0 Å². The van der Waals surface area contributed by atoms with Crippen molar-refractivity contribution in [1.82, 2.24) is 9.97 Å². The fourth-order valence-corrected chi connectivity index (χ4v) is 4.43. The molecule has 0 atom stereocenters. The predicted octanol–water partition coefficient (Wildman–Crippen LogP) is 6.27. The molecule has 0 aliphatic rings. The van der Waals surface area contributed by atoms with Crippen molar-refractivity contribution in [2.24, 2.45) is 0 Å². The highest BCUT2D eigenvalue weighted by Crippen LogP contribution is 2.38. The summed E-state index contributed by atoms with van der Waals surface area (Å²) in [5.74, 6) is 0.282. The van der Waals surface area contributed by atoms with Crippen LogP contribution in [0.5, 0.6) is 11.5 Å². The highest BCUT2D eigenvalue weighted by Gasteiger charge is 2.11. The third-order valence-corrected chi connectivity index (χ3v) is 5.70. The quantitative estimate of drug-likeness (QED) is 0.376. The van der Waals surface area contributed by atoms with E-state index < -0.39 is 0 Å². The zero-order valence-corrected chi connectivity index (χ0v) is 18.1. The van der Waals surface area contributed by atoms with Gasteiger partial charge < -0.3 is 10.2 Å². The maximum absolute atomic E-state index is 9.79. The Morgan fingerprint density at radius 3 is 1.12 bits per heavy atom. The summed E-state index contributed by atoms with van der Waals surface area (Å²) in [6, 6.07) is 7.10. The van der Waals surface area contributed by atoms with Crippen molar-refractivity contribution in [2.45, 2.75) is 0 Å². The van der Waals surface area contributed by atoms with Gasteiger partial charge >= 0.3 is 0 Å². The summed E-state index contributed by atoms with van der Waals surface area (Å²) in [6.07, 6.45) is 3.32. The normalized spacial score (nSPS) is 10.8. The first-order chi connectivity index (χ1) is 11.4. The van der Waals surface area contributed by atoms with Crippen LogP contribution in [0.3, 0.4) is 0 Å². The molecule has 2 aromatic carbocycles. The molecule has 0 unspecified atom stereocenters. The van der Waals surface area contributed by atoms with Gasteiger partial charge in [-0.05, 0) is 88.0 Å². The predicted molar refractivity (Wildman–Crippen MR) is 107 cm³/mol. The van der Waals surface area contributed by atoms with E-state index in [1.165, 1.54) is 0 Å². The third kappa shape index (κ3) is 3.51. The number of aromatic hydroxyl groups is 2.